The van der Waals surface area contributed by atoms with Crippen LogP contribution in [0, 0.1) is 11.3 Å². The molecule has 2 heteroatoms. The van der Waals surface area contributed by atoms with Crippen LogP contribution in [0.1, 0.15) is 26.7 Å². The molecule has 0 aromatic carbocycles. The molecular weight excluding hydrogens is 152 g/mol. The van der Waals surface area contributed by atoms with E-state index in [1.54, 1.807) is 0 Å². The van der Waals surface area contributed by atoms with Gasteiger partial charge in [-0.1, -0.05) is 18.6 Å². The fourth-order valence-corrected chi connectivity index (χ4v) is 2.17. The van der Waals surface area contributed by atoms with Gasteiger partial charge in [0.1, 0.15) is 6.61 Å². The fourth-order valence-electron chi connectivity index (χ4n) is 2.17. The van der Waals surface area contributed by atoms with Gasteiger partial charge >= 0.3 is 5.97 Å². The Morgan fingerprint density at radius 3 is 3.17 bits per heavy atom. The Hall–Kier alpha value is -0.790. The average molecular weight is 166 g/mol. The first kappa shape index (κ1) is 7.84. The standard InChI is InChI=1S/C10H14O2/c1-7-3-4-8-5-9(11)12-6-10(7,8)2/h3,8H,4-6H2,1-2H3/t8-,10-/m0/s1. The van der Waals surface area contributed by atoms with Crippen molar-refractivity contribution in [1.29, 1.82) is 0 Å². The first-order chi connectivity index (χ1) is 5.63. The number of cyclic esters (lactones) is 1. The summed E-state index contributed by atoms with van der Waals surface area (Å²) in [4.78, 5) is 11.0. The lowest BCUT2D eigenvalue weighted by atomic mass is 9.74. The Kier molecular flexibility index (Phi) is 1.53. The SMILES string of the molecule is CC1=CC[C@H]2CC(=O)OC[C@@]12C. The van der Waals surface area contributed by atoms with Crippen LogP contribution < -0.4 is 0 Å². The van der Waals surface area contributed by atoms with Crippen molar-refractivity contribution in [3.05, 3.63) is 11.6 Å². The average Bonchev–Trinajstić information content (AvgIpc) is 2.31. The maximum absolute atomic E-state index is 11.0. The highest BCUT2D eigenvalue weighted by Gasteiger charge is 2.44. The lowest BCUT2D eigenvalue weighted by Gasteiger charge is -2.36. The van der Waals surface area contributed by atoms with E-state index >= 15 is 0 Å². The number of hydrogen-bond donors (Lipinski definition) is 0. The van der Waals surface area contributed by atoms with E-state index in [1.807, 2.05) is 0 Å². The molecule has 1 heterocycles. The number of rotatable bonds is 0. The molecule has 0 bridgehead atoms. The summed E-state index contributed by atoms with van der Waals surface area (Å²) in [7, 11) is 0. The van der Waals surface area contributed by atoms with Crippen LogP contribution >= 0.6 is 0 Å². The molecule has 1 saturated heterocycles. The number of hydrogen-bond acceptors (Lipinski definition) is 2. The Morgan fingerprint density at radius 1 is 1.67 bits per heavy atom. The van der Waals surface area contributed by atoms with Gasteiger partial charge in [0.2, 0.25) is 0 Å². The van der Waals surface area contributed by atoms with Gasteiger partial charge in [-0.15, -0.1) is 0 Å². The number of fused-ring (bicyclic) bond motifs is 1. The van der Waals surface area contributed by atoms with E-state index in [2.05, 4.69) is 19.9 Å². The molecule has 0 radical (unpaired) electrons. The molecule has 1 aliphatic heterocycles. The maximum Gasteiger partial charge on any atom is 0.306 e. The van der Waals surface area contributed by atoms with Crippen molar-refractivity contribution in [2.45, 2.75) is 26.7 Å². The van der Waals surface area contributed by atoms with E-state index in [0.29, 0.717) is 18.9 Å². The highest BCUT2D eigenvalue weighted by atomic mass is 16.5. The van der Waals surface area contributed by atoms with Crippen molar-refractivity contribution >= 4 is 5.97 Å². The fraction of sp³-hybridized carbons (Fsp3) is 0.700. The molecular formula is C10H14O2. The minimum Gasteiger partial charge on any atom is -0.465 e. The van der Waals surface area contributed by atoms with Crippen LogP contribution in [-0.4, -0.2) is 12.6 Å². The van der Waals surface area contributed by atoms with Gasteiger partial charge in [0.25, 0.3) is 0 Å². The molecule has 0 amide bonds. The van der Waals surface area contributed by atoms with Gasteiger partial charge in [0.15, 0.2) is 0 Å². The van der Waals surface area contributed by atoms with Crippen LogP contribution in [-0.2, 0) is 9.53 Å². The molecule has 66 valence electrons. The van der Waals surface area contributed by atoms with E-state index in [9.17, 15) is 4.79 Å². The Balaban J connectivity index is 2.24. The Morgan fingerprint density at radius 2 is 2.42 bits per heavy atom. The largest absolute Gasteiger partial charge is 0.465 e. The Bertz CT molecular complexity index is 255. The first-order valence-corrected chi connectivity index (χ1v) is 4.46. The predicted octanol–water partition coefficient (Wildman–Crippen LogP) is 1.91. The zero-order chi connectivity index (χ0) is 8.77. The van der Waals surface area contributed by atoms with Gasteiger partial charge < -0.3 is 4.74 Å². The van der Waals surface area contributed by atoms with E-state index in [4.69, 9.17) is 4.74 Å². The van der Waals surface area contributed by atoms with Gasteiger partial charge in [-0.05, 0) is 19.3 Å². The second kappa shape index (κ2) is 2.35. The molecule has 0 N–H and O–H groups in total. The van der Waals surface area contributed by atoms with Crippen molar-refractivity contribution in [2.24, 2.45) is 11.3 Å². The molecule has 0 aromatic heterocycles. The molecule has 1 fully saturated rings. The van der Waals surface area contributed by atoms with E-state index in [1.165, 1.54) is 5.57 Å². The second-order valence-electron chi connectivity index (χ2n) is 4.10. The minimum atomic E-state index is -0.0272. The van der Waals surface area contributed by atoms with E-state index in [-0.39, 0.29) is 11.4 Å². The molecule has 0 spiro atoms. The van der Waals surface area contributed by atoms with Crippen LogP contribution in [0.2, 0.25) is 0 Å². The topological polar surface area (TPSA) is 26.3 Å². The van der Waals surface area contributed by atoms with E-state index in [0.717, 1.165) is 6.42 Å². The van der Waals surface area contributed by atoms with Crippen LogP contribution in [0.3, 0.4) is 0 Å². The van der Waals surface area contributed by atoms with Crippen LogP contribution in [0.5, 0.6) is 0 Å². The zero-order valence-electron chi connectivity index (χ0n) is 7.59. The van der Waals surface area contributed by atoms with Gasteiger partial charge in [0, 0.05) is 11.8 Å². The molecule has 2 aliphatic rings. The van der Waals surface area contributed by atoms with Crippen molar-refractivity contribution in [1.82, 2.24) is 0 Å². The quantitative estimate of drug-likeness (QED) is 0.406. The molecule has 2 nitrogen and oxygen atoms in total. The summed E-state index contributed by atoms with van der Waals surface area (Å²) in [5.74, 6) is 0.472. The van der Waals surface area contributed by atoms with Crippen molar-refractivity contribution in [2.75, 3.05) is 6.61 Å². The van der Waals surface area contributed by atoms with E-state index < -0.39 is 0 Å². The summed E-state index contributed by atoms with van der Waals surface area (Å²) < 4.78 is 5.09. The van der Waals surface area contributed by atoms with Crippen molar-refractivity contribution in [3.63, 3.8) is 0 Å². The molecule has 0 unspecified atom stereocenters. The van der Waals surface area contributed by atoms with Crippen molar-refractivity contribution < 1.29 is 9.53 Å². The number of ether oxygens (including phenoxy) is 1. The third kappa shape index (κ3) is 0.904. The summed E-state index contributed by atoms with van der Waals surface area (Å²) >= 11 is 0. The lowest BCUT2D eigenvalue weighted by molar-refractivity contribution is -0.155. The second-order valence-corrected chi connectivity index (χ2v) is 4.10. The third-order valence-corrected chi connectivity index (χ3v) is 3.46. The number of carbonyl (C=O) groups is 1. The lowest BCUT2D eigenvalue weighted by Crippen LogP contribution is -2.37. The molecule has 12 heavy (non-hydrogen) atoms. The molecule has 2 rings (SSSR count). The number of carbonyl (C=O) groups excluding carboxylic acids is 1. The number of allylic oxidation sites excluding steroid dienone is 1. The van der Waals surface area contributed by atoms with Gasteiger partial charge in [-0.3, -0.25) is 4.79 Å². The summed E-state index contributed by atoms with van der Waals surface area (Å²) in [6.45, 7) is 4.92. The van der Waals surface area contributed by atoms with Gasteiger partial charge in [-0.25, -0.2) is 0 Å². The smallest absolute Gasteiger partial charge is 0.306 e. The molecule has 2 atom stereocenters. The summed E-state index contributed by atoms with van der Waals surface area (Å²) in [6.07, 6.45) is 3.90. The van der Waals surface area contributed by atoms with Crippen molar-refractivity contribution in [3.8, 4) is 0 Å². The van der Waals surface area contributed by atoms with Crippen LogP contribution in [0.15, 0.2) is 11.6 Å². The molecule has 1 aliphatic carbocycles. The highest BCUT2D eigenvalue weighted by molar-refractivity contribution is 5.71. The molecule has 0 aromatic rings. The van der Waals surface area contributed by atoms with Crippen LogP contribution in [0.4, 0.5) is 0 Å². The van der Waals surface area contributed by atoms with Crippen LogP contribution in [0.25, 0.3) is 0 Å². The maximum atomic E-state index is 11.0. The van der Waals surface area contributed by atoms with Gasteiger partial charge in [-0.2, -0.15) is 0 Å². The number of esters is 1. The summed E-state index contributed by atoms with van der Waals surface area (Å²) in [5, 5.41) is 0. The third-order valence-electron chi connectivity index (χ3n) is 3.46. The summed E-state index contributed by atoms with van der Waals surface area (Å²) in [5.41, 5.74) is 1.54. The highest BCUT2D eigenvalue weighted by Crippen LogP contribution is 2.47. The normalized spacial score (nSPS) is 40.3. The minimum absolute atomic E-state index is 0.0272. The zero-order valence-corrected chi connectivity index (χ0v) is 7.59. The predicted molar refractivity (Wildman–Crippen MR) is 45.5 cm³/mol. The van der Waals surface area contributed by atoms with Gasteiger partial charge in [0.05, 0.1) is 0 Å². The molecule has 0 saturated carbocycles. The summed E-state index contributed by atoms with van der Waals surface area (Å²) in [6, 6.07) is 0. The monoisotopic (exact) mass is 166 g/mol. The first-order valence-electron chi connectivity index (χ1n) is 4.46. The Labute approximate surface area is 72.6 Å².